The summed E-state index contributed by atoms with van der Waals surface area (Å²) in [5, 5.41) is 0.782. The number of nitrogens with two attached hydrogens (primary N) is 1. The molecule has 0 aliphatic heterocycles. The fourth-order valence-corrected chi connectivity index (χ4v) is 2.45. The second-order valence-electron chi connectivity index (χ2n) is 6.56. The van der Waals surface area contributed by atoms with E-state index in [9.17, 15) is 0 Å². The van der Waals surface area contributed by atoms with Crippen molar-refractivity contribution >= 4 is 17.3 Å². The lowest BCUT2D eigenvalue weighted by Gasteiger charge is -2.30. The molecule has 0 saturated carbocycles. The Morgan fingerprint density at radius 3 is 2.47 bits per heavy atom. The molecule has 0 saturated heterocycles. The number of rotatable bonds is 5. The summed E-state index contributed by atoms with van der Waals surface area (Å²) in [5.41, 5.74) is 8.82. The highest BCUT2D eigenvalue weighted by molar-refractivity contribution is 6.30. The maximum atomic E-state index is 6.14. The normalized spacial score (nSPS) is 13.4. The van der Waals surface area contributed by atoms with E-state index in [1.165, 1.54) is 11.3 Å². The van der Waals surface area contributed by atoms with Crippen molar-refractivity contribution in [2.45, 2.75) is 46.6 Å². The zero-order valence-corrected chi connectivity index (χ0v) is 13.6. The van der Waals surface area contributed by atoms with Crippen molar-refractivity contribution in [3.8, 4) is 0 Å². The van der Waals surface area contributed by atoms with Crippen LogP contribution in [0, 0.1) is 5.41 Å². The third-order valence-electron chi connectivity index (χ3n) is 3.18. The van der Waals surface area contributed by atoms with Crippen LogP contribution in [0.1, 0.15) is 39.7 Å². The summed E-state index contributed by atoms with van der Waals surface area (Å²) in [6, 6.07) is 6.31. The Hall–Kier alpha value is -0.730. The van der Waals surface area contributed by atoms with E-state index in [4.69, 9.17) is 17.3 Å². The molecule has 1 aromatic carbocycles. The maximum Gasteiger partial charge on any atom is 0.0426 e. The van der Waals surface area contributed by atoms with Crippen LogP contribution in [0.25, 0.3) is 0 Å². The molecular formula is C16H27ClN2. The molecule has 1 unspecified atom stereocenters. The minimum absolute atomic E-state index is 0.211. The molecule has 0 amide bonds. The Morgan fingerprint density at radius 1 is 1.32 bits per heavy atom. The zero-order valence-electron chi connectivity index (χ0n) is 12.8. The quantitative estimate of drug-likeness (QED) is 0.881. The van der Waals surface area contributed by atoms with Gasteiger partial charge in [-0.05, 0) is 36.0 Å². The average molecular weight is 283 g/mol. The van der Waals surface area contributed by atoms with E-state index in [0.717, 1.165) is 24.4 Å². The summed E-state index contributed by atoms with van der Waals surface area (Å²) in [6.07, 6.45) is 1.89. The first-order valence-electron chi connectivity index (χ1n) is 6.98. The summed E-state index contributed by atoms with van der Waals surface area (Å²) in [7, 11) is 2.12. The first-order valence-corrected chi connectivity index (χ1v) is 7.36. The average Bonchev–Trinajstić information content (AvgIpc) is 2.29. The van der Waals surface area contributed by atoms with Gasteiger partial charge < -0.3 is 10.6 Å². The van der Waals surface area contributed by atoms with Crippen molar-refractivity contribution in [3.63, 3.8) is 0 Å². The molecule has 0 heterocycles. The maximum absolute atomic E-state index is 6.14. The van der Waals surface area contributed by atoms with Gasteiger partial charge in [-0.1, -0.05) is 45.4 Å². The van der Waals surface area contributed by atoms with Gasteiger partial charge in [-0.3, -0.25) is 0 Å². The number of halogens is 1. The summed E-state index contributed by atoms with van der Waals surface area (Å²) < 4.78 is 0. The molecule has 0 fully saturated rings. The van der Waals surface area contributed by atoms with Gasteiger partial charge in [0.15, 0.2) is 0 Å². The van der Waals surface area contributed by atoms with Crippen LogP contribution >= 0.6 is 11.6 Å². The Morgan fingerprint density at radius 2 is 1.95 bits per heavy atom. The van der Waals surface area contributed by atoms with Gasteiger partial charge in [-0.25, -0.2) is 0 Å². The van der Waals surface area contributed by atoms with E-state index >= 15 is 0 Å². The van der Waals surface area contributed by atoms with Gasteiger partial charge in [0.05, 0.1) is 0 Å². The van der Waals surface area contributed by atoms with Crippen LogP contribution in [0.4, 0.5) is 5.69 Å². The summed E-state index contributed by atoms with van der Waals surface area (Å²) in [5.74, 6) is 0. The Kier molecular flexibility index (Phi) is 5.69. The van der Waals surface area contributed by atoms with Gasteiger partial charge >= 0.3 is 0 Å². The first kappa shape index (κ1) is 16.3. The van der Waals surface area contributed by atoms with Crippen molar-refractivity contribution in [2.75, 3.05) is 18.5 Å². The van der Waals surface area contributed by atoms with Crippen molar-refractivity contribution < 1.29 is 0 Å². The fourth-order valence-electron chi connectivity index (χ4n) is 2.29. The van der Waals surface area contributed by atoms with E-state index in [-0.39, 0.29) is 11.5 Å². The highest BCUT2D eigenvalue weighted by Gasteiger charge is 2.17. The molecular weight excluding hydrogens is 256 g/mol. The van der Waals surface area contributed by atoms with Crippen molar-refractivity contribution in [2.24, 2.45) is 11.1 Å². The molecule has 108 valence electrons. The lowest BCUT2D eigenvalue weighted by molar-refractivity contribution is 0.418. The van der Waals surface area contributed by atoms with E-state index in [1.54, 1.807) is 0 Å². The van der Waals surface area contributed by atoms with Gasteiger partial charge in [0.25, 0.3) is 0 Å². The molecule has 2 N–H and O–H groups in total. The molecule has 0 radical (unpaired) electrons. The minimum Gasteiger partial charge on any atom is -0.374 e. The Labute approximate surface area is 122 Å². The number of anilines is 1. The number of nitrogens with zero attached hydrogens (tertiary/aromatic N) is 1. The molecule has 3 heteroatoms. The van der Waals surface area contributed by atoms with Crippen LogP contribution < -0.4 is 10.6 Å². The second kappa shape index (κ2) is 6.62. The molecule has 19 heavy (non-hydrogen) atoms. The van der Waals surface area contributed by atoms with Crippen molar-refractivity contribution in [3.05, 3.63) is 28.8 Å². The largest absolute Gasteiger partial charge is 0.374 e. The number of hydrogen-bond acceptors (Lipinski definition) is 2. The Bertz CT molecular complexity index is 410. The summed E-state index contributed by atoms with van der Waals surface area (Å²) >= 11 is 6.14. The van der Waals surface area contributed by atoms with Crippen LogP contribution in [0.3, 0.4) is 0 Å². The van der Waals surface area contributed by atoms with E-state index < -0.39 is 0 Å². The third-order valence-corrected chi connectivity index (χ3v) is 3.41. The lowest BCUT2D eigenvalue weighted by Crippen LogP contribution is -2.30. The third kappa shape index (κ3) is 5.42. The molecule has 1 atom stereocenters. The van der Waals surface area contributed by atoms with Crippen LogP contribution in [0.2, 0.25) is 5.02 Å². The zero-order chi connectivity index (χ0) is 14.6. The van der Waals surface area contributed by atoms with Crippen molar-refractivity contribution in [1.29, 1.82) is 0 Å². The van der Waals surface area contributed by atoms with Crippen molar-refractivity contribution in [1.82, 2.24) is 0 Å². The number of hydrogen-bond donors (Lipinski definition) is 1. The molecule has 2 nitrogen and oxygen atoms in total. The highest BCUT2D eigenvalue weighted by atomic mass is 35.5. The topological polar surface area (TPSA) is 29.3 Å². The van der Waals surface area contributed by atoms with Gasteiger partial charge in [0, 0.05) is 30.3 Å². The van der Waals surface area contributed by atoms with Gasteiger partial charge in [0.2, 0.25) is 0 Å². The predicted octanol–water partition coefficient (Wildman–Crippen LogP) is 4.10. The second-order valence-corrected chi connectivity index (χ2v) is 7.00. The Balaban J connectivity index is 2.99. The van der Waals surface area contributed by atoms with E-state index in [1.807, 2.05) is 12.1 Å². The number of benzene rings is 1. The highest BCUT2D eigenvalue weighted by Crippen LogP contribution is 2.28. The monoisotopic (exact) mass is 282 g/mol. The SMILES string of the molecule is CCC(N)Cc1ccc(Cl)cc1N(C)CC(C)(C)C. The van der Waals surface area contributed by atoms with Gasteiger partial charge in [0.1, 0.15) is 0 Å². The van der Waals surface area contributed by atoms with Crippen LogP contribution in [-0.4, -0.2) is 19.6 Å². The van der Waals surface area contributed by atoms with E-state index in [2.05, 4.69) is 45.7 Å². The summed E-state index contributed by atoms with van der Waals surface area (Å²) in [6.45, 7) is 9.84. The molecule has 0 aromatic heterocycles. The molecule has 1 rings (SSSR count). The van der Waals surface area contributed by atoms with Crippen LogP contribution in [0.5, 0.6) is 0 Å². The minimum atomic E-state index is 0.211. The molecule has 0 aliphatic carbocycles. The van der Waals surface area contributed by atoms with Crippen LogP contribution in [0.15, 0.2) is 18.2 Å². The predicted molar refractivity (Wildman–Crippen MR) is 86.1 cm³/mol. The van der Waals surface area contributed by atoms with Gasteiger partial charge in [-0.15, -0.1) is 0 Å². The van der Waals surface area contributed by atoms with E-state index in [0.29, 0.717) is 0 Å². The molecule has 0 aliphatic rings. The van der Waals surface area contributed by atoms with Gasteiger partial charge in [-0.2, -0.15) is 0 Å². The fraction of sp³-hybridized carbons (Fsp3) is 0.625. The molecule has 0 spiro atoms. The summed E-state index contributed by atoms with van der Waals surface area (Å²) in [4.78, 5) is 2.28. The standard InChI is InChI=1S/C16H27ClN2/c1-6-14(18)9-12-7-8-13(17)10-15(12)19(5)11-16(2,3)4/h7-8,10,14H,6,9,11,18H2,1-5H3. The molecule has 0 bridgehead atoms. The lowest BCUT2D eigenvalue weighted by atomic mass is 9.95. The first-order chi connectivity index (χ1) is 8.73. The van der Waals surface area contributed by atoms with Crippen LogP contribution in [-0.2, 0) is 6.42 Å². The molecule has 1 aromatic rings. The smallest absolute Gasteiger partial charge is 0.0426 e.